The highest BCUT2D eigenvalue weighted by molar-refractivity contribution is 6.41. The minimum atomic E-state index is -1.02. The lowest BCUT2D eigenvalue weighted by molar-refractivity contribution is -0.140. The Morgan fingerprint density at radius 2 is 1.81 bits per heavy atom. The van der Waals surface area contributed by atoms with Gasteiger partial charge in [0.1, 0.15) is 4.87 Å². The van der Waals surface area contributed by atoms with E-state index in [-0.39, 0.29) is 29.6 Å². The number of hydrogen-bond donors (Lipinski definition) is 0. The Labute approximate surface area is 161 Å². The number of hydrogen-bond acceptors (Lipinski definition) is 4. The average molecular weight is 384 g/mol. The lowest BCUT2D eigenvalue weighted by Gasteiger charge is -2.25. The molecule has 4 atom stereocenters. The van der Waals surface area contributed by atoms with Crippen molar-refractivity contribution in [3.05, 3.63) is 12.2 Å². The van der Waals surface area contributed by atoms with Crippen LogP contribution in [-0.4, -0.2) is 54.6 Å². The average Bonchev–Trinajstić information content (AvgIpc) is 3.26. The third-order valence-electron chi connectivity index (χ3n) is 5.83. The molecule has 146 valence electrons. The highest BCUT2D eigenvalue weighted by Gasteiger charge is 2.68. The quantitative estimate of drug-likeness (QED) is 0.225. The van der Waals surface area contributed by atoms with Crippen LogP contribution in [0.25, 0.3) is 0 Å². The molecule has 0 aromatic heterocycles. The minimum absolute atomic E-state index is 0.00587. The predicted molar refractivity (Wildman–Crippen MR) is 99.9 cm³/mol. The summed E-state index contributed by atoms with van der Waals surface area (Å²) in [5.74, 6) is -0.539. The SMILES string of the molecule is CCCCCCOCCOCCCN1C(=O)C2C3C=CC(C3)C2(Cl)C1=O. The predicted octanol–water partition coefficient (Wildman–Crippen LogP) is 3.16. The topological polar surface area (TPSA) is 55.8 Å². The van der Waals surface area contributed by atoms with Gasteiger partial charge in [-0.15, -0.1) is 11.6 Å². The van der Waals surface area contributed by atoms with Crippen LogP contribution in [0.5, 0.6) is 0 Å². The summed E-state index contributed by atoms with van der Waals surface area (Å²) >= 11 is 6.64. The Morgan fingerprint density at radius 1 is 1.08 bits per heavy atom. The van der Waals surface area contributed by atoms with Crippen molar-refractivity contribution in [1.29, 1.82) is 0 Å². The first-order chi connectivity index (χ1) is 12.6. The monoisotopic (exact) mass is 383 g/mol. The molecule has 0 spiro atoms. The summed E-state index contributed by atoms with van der Waals surface area (Å²) in [7, 11) is 0. The zero-order chi connectivity index (χ0) is 18.6. The molecule has 3 rings (SSSR count). The molecule has 1 aliphatic heterocycles. The van der Waals surface area contributed by atoms with Gasteiger partial charge in [-0.2, -0.15) is 0 Å². The number of alkyl halides is 1. The molecule has 6 heteroatoms. The van der Waals surface area contributed by atoms with E-state index in [0.29, 0.717) is 32.8 Å². The van der Waals surface area contributed by atoms with E-state index in [0.717, 1.165) is 19.4 Å². The molecule has 0 aromatic carbocycles. The maximum Gasteiger partial charge on any atom is 0.251 e. The minimum Gasteiger partial charge on any atom is -0.379 e. The van der Waals surface area contributed by atoms with E-state index >= 15 is 0 Å². The highest BCUT2D eigenvalue weighted by atomic mass is 35.5. The Kier molecular flexibility index (Phi) is 6.76. The first-order valence-electron chi connectivity index (χ1n) is 9.99. The summed E-state index contributed by atoms with van der Waals surface area (Å²) in [6, 6.07) is 0. The number of amides is 2. The summed E-state index contributed by atoms with van der Waals surface area (Å²) in [6.07, 6.45) is 10.3. The van der Waals surface area contributed by atoms with Crippen molar-refractivity contribution in [2.24, 2.45) is 17.8 Å². The van der Waals surface area contributed by atoms with E-state index in [2.05, 4.69) is 13.0 Å². The molecule has 2 fully saturated rings. The molecule has 2 aliphatic carbocycles. The largest absolute Gasteiger partial charge is 0.379 e. The van der Waals surface area contributed by atoms with Gasteiger partial charge in [0.05, 0.1) is 19.1 Å². The van der Waals surface area contributed by atoms with Crippen LogP contribution in [0.4, 0.5) is 0 Å². The van der Waals surface area contributed by atoms with Crippen LogP contribution >= 0.6 is 11.6 Å². The highest BCUT2D eigenvalue weighted by Crippen LogP contribution is 2.58. The van der Waals surface area contributed by atoms with Gasteiger partial charge in [-0.05, 0) is 25.2 Å². The maximum absolute atomic E-state index is 12.7. The van der Waals surface area contributed by atoms with E-state index < -0.39 is 4.87 Å². The van der Waals surface area contributed by atoms with Crippen LogP contribution in [0.15, 0.2) is 12.2 Å². The van der Waals surface area contributed by atoms with E-state index in [1.54, 1.807) is 0 Å². The molecule has 26 heavy (non-hydrogen) atoms. The molecule has 0 aromatic rings. The Balaban J connectivity index is 1.29. The number of unbranched alkanes of at least 4 members (excludes halogenated alkanes) is 3. The van der Waals surface area contributed by atoms with Crippen molar-refractivity contribution in [2.75, 3.05) is 33.0 Å². The second kappa shape index (κ2) is 8.85. The number of fused-ring (bicyclic) bond motifs is 5. The van der Waals surface area contributed by atoms with Crippen molar-refractivity contribution in [3.63, 3.8) is 0 Å². The van der Waals surface area contributed by atoms with Crippen LogP contribution in [-0.2, 0) is 19.1 Å². The van der Waals surface area contributed by atoms with Gasteiger partial charge < -0.3 is 9.47 Å². The third-order valence-corrected chi connectivity index (χ3v) is 6.50. The molecule has 1 heterocycles. The van der Waals surface area contributed by atoms with E-state index in [9.17, 15) is 9.59 Å². The van der Waals surface area contributed by atoms with Crippen LogP contribution < -0.4 is 0 Å². The van der Waals surface area contributed by atoms with Crippen LogP contribution in [0.2, 0.25) is 0 Å². The number of carbonyl (C=O) groups excluding carboxylic acids is 2. The van der Waals surface area contributed by atoms with Crippen LogP contribution in [0.3, 0.4) is 0 Å². The molecular formula is C20H30ClNO4. The number of ether oxygens (including phenoxy) is 2. The summed E-state index contributed by atoms with van der Waals surface area (Å²) in [5.41, 5.74) is 0. The molecule has 3 aliphatic rings. The number of nitrogens with zero attached hydrogens (tertiary/aromatic N) is 1. The zero-order valence-corrected chi connectivity index (χ0v) is 16.4. The molecule has 4 unspecified atom stereocenters. The van der Waals surface area contributed by atoms with Crippen molar-refractivity contribution in [3.8, 4) is 0 Å². The second-order valence-electron chi connectivity index (χ2n) is 7.57. The van der Waals surface area contributed by atoms with E-state index in [4.69, 9.17) is 21.1 Å². The van der Waals surface area contributed by atoms with Crippen molar-refractivity contribution in [2.45, 2.75) is 50.3 Å². The zero-order valence-electron chi connectivity index (χ0n) is 15.6. The van der Waals surface area contributed by atoms with E-state index in [1.807, 2.05) is 6.08 Å². The fourth-order valence-corrected chi connectivity index (χ4v) is 4.97. The summed E-state index contributed by atoms with van der Waals surface area (Å²) in [6.45, 7) is 5.02. The van der Waals surface area contributed by atoms with E-state index in [1.165, 1.54) is 24.2 Å². The molecule has 2 amide bonds. The fourth-order valence-electron chi connectivity index (χ4n) is 4.45. The number of allylic oxidation sites excluding steroid dienone is 2. The Bertz CT molecular complexity index is 552. The van der Waals surface area contributed by atoms with Crippen molar-refractivity contribution >= 4 is 23.4 Å². The number of carbonyl (C=O) groups is 2. The molecule has 1 saturated carbocycles. The number of likely N-dealkylation sites (tertiary alicyclic amines) is 1. The molecule has 1 saturated heterocycles. The van der Waals surface area contributed by atoms with Gasteiger partial charge >= 0.3 is 0 Å². The number of halogens is 1. The fraction of sp³-hybridized carbons (Fsp3) is 0.800. The smallest absolute Gasteiger partial charge is 0.251 e. The number of imide groups is 1. The molecule has 2 bridgehead atoms. The maximum atomic E-state index is 12.7. The molecule has 0 radical (unpaired) electrons. The Hall–Kier alpha value is -0.910. The standard InChI is InChI=1S/C20H30ClNO4/c1-2-3-4-5-10-25-12-13-26-11-6-9-22-18(23)17-15-7-8-16(14-15)20(17,21)19(22)24/h7-8,15-17H,2-6,9-14H2,1H3. The lowest BCUT2D eigenvalue weighted by atomic mass is 9.84. The van der Waals surface area contributed by atoms with Crippen LogP contribution in [0, 0.1) is 17.8 Å². The van der Waals surface area contributed by atoms with Gasteiger partial charge in [0.15, 0.2) is 0 Å². The summed E-state index contributed by atoms with van der Waals surface area (Å²) < 4.78 is 11.1. The van der Waals surface area contributed by atoms with Gasteiger partial charge in [-0.3, -0.25) is 14.5 Å². The normalized spacial score (nSPS) is 32.1. The third kappa shape index (κ3) is 3.71. The number of rotatable bonds is 12. The first-order valence-corrected chi connectivity index (χ1v) is 10.4. The van der Waals surface area contributed by atoms with Gasteiger partial charge in [0.2, 0.25) is 5.91 Å². The lowest BCUT2D eigenvalue weighted by Crippen LogP contribution is -2.41. The van der Waals surface area contributed by atoms with Gasteiger partial charge in [0, 0.05) is 25.7 Å². The summed E-state index contributed by atoms with van der Waals surface area (Å²) in [4.78, 5) is 25.7. The molecular weight excluding hydrogens is 354 g/mol. The van der Waals surface area contributed by atoms with Gasteiger partial charge in [0.25, 0.3) is 5.91 Å². The Morgan fingerprint density at radius 3 is 2.50 bits per heavy atom. The first kappa shape index (κ1) is 19.8. The van der Waals surface area contributed by atoms with Crippen LogP contribution in [0.1, 0.15) is 45.4 Å². The van der Waals surface area contributed by atoms with Gasteiger partial charge in [-0.1, -0.05) is 38.3 Å². The molecule has 0 N–H and O–H groups in total. The van der Waals surface area contributed by atoms with Crippen molar-refractivity contribution in [1.82, 2.24) is 4.90 Å². The second-order valence-corrected chi connectivity index (χ2v) is 8.20. The van der Waals surface area contributed by atoms with Crippen molar-refractivity contribution < 1.29 is 19.1 Å². The van der Waals surface area contributed by atoms with Gasteiger partial charge in [-0.25, -0.2) is 0 Å². The summed E-state index contributed by atoms with van der Waals surface area (Å²) in [5, 5.41) is 0. The molecule has 5 nitrogen and oxygen atoms in total.